The van der Waals surface area contributed by atoms with Gasteiger partial charge in [-0.3, -0.25) is 15.0 Å². The van der Waals surface area contributed by atoms with Gasteiger partial charge < -0.3 is 10.4 Å². The molecule has 1 aromatic carbocycles. The van der Waals surface area contributed by atoms with Crippen LogP contribution in [-0.4, -0.2) is 47.7 Å². The van der Waals surface area contributed by atoms with E-state index in [4.69, 9.17) is 0 Å². The molecule has 1 saturated heterocycles. The quantitative estimate of drug-likeness (QED) is 0.611. The van der Waals surface area contributed by atoms with Gasteiger partial charge in [-0.2, -0.15) is 0 Å². The van der Waals surface area contributed by atoms with Gasteiger partial charge in [0.2, 0.25) is 0 Å². The molecular weight excluding hydrogens is 246 g/mol. The standard InChI is InChI=1S/C13H19N3O3/c1-14-13(9-15-6-5-12(17)8-15)10-3-2-4-11(7-10)16(18)19/h2-4,7,12-14,17H,5-6,8-9H2,1H3/t12?,13-/m0/s1. The van der Waals surface area contributed by atoms with Crippen LogP contribution in [0.5, 0.6) is 0 Å². The van der Waals surface area contributed by atoms with E-state index in [1.54, 1.807) is 12.1 Å². The molecule has 1 unspecified atom stereocenters. The second-order valence-corrected chi connectivity index (χ2v) is 4.90. The van der Waals surface area contributed by atoms with Gasteiger partial charge in [-0.05, 0) is 19.0 Å². The zero-order valence-corrected chi connectivity index (χ0v) is 11.0. The van der Waals surface area contributed by atoms with E-state index in [0.717, 1.165) is 25.1 Å². The van der Waals surface area contributed by atoms with E-state index in [-0.39, 0.29) is 22.8 Å². The summed E-state index contributed by atoms with van der Waals surface area (Å²) in [5, 5.41) is 23.5. The first-order chi connectivity index (χ1) is 9.10. The maximum Gasteiger partial charge on any atom is 0.269 e. The predicted octanol–water partition coefficient (Wildman–Crippen LogP) is 0.922. The Morgan fingerprint density at radius 1 is 1.63 bits per heavy atom. The van der Waals surface area contributed by atoms with Crippen LogP contribution in [0.2, 0.25) is 0 Å². The first-order valence-electron chi connectivity index (χ1n) is 6.42. The number of likely N-dealkylation sites (N-methyl/N-ethyl adjacent to an activating group) is 1. The monoisotopic (exact) mass is 265 g/mol. The number of benzene rings is 1. The summed E-state index contributed by atoms with van der Waals surface area (Å²) in [4.78, 5) is 12.6. The van der Waals surface area contributed by atoms with Crippen LogP contribution in [0.3, 0.4) is 0 Å². The summed E-state index contributed by atoms with van der Waals surface area (Å²) in [6, 6.07) is 6.73. The number of β-amino-alcohol motifs (C(OH)–C–C–N with tert-alkyl or cyclic N) is 1. The highest BCUT2D eigenvalue weighted by molar-refractivity contribution is 5.36. The SMILES string of the molecule is CN[C@@H](CN1CCC(O)C1)c1cccc([N+](=O)[O-])c1. The van der Waals surface area contributed by atoms with Gasteiger partial charge in [-0.25, -0.2) is 0 Å². The normalized spacial score (nSPS) is 21.5. The maximum absolute atomic E-state index is 10.8. The van der Waals surface area contributed by atoms with Crippen LogP contribution < -0.4 is 5.32 Å². The van der Waals surface area contributed by atoms with Gasteiger partial charge in [0.15, 0.2) is 0 Å². The Kier molecular flexibility index (Phi) is 4.47. The molecule has 0 aliphatic carbocycles. The zero-order chi connectivity index (χ0) is 13.8. The summed E-state index contributed by atoms with van der Waals surface area (Å²) in [5.41, 5.74) is 1.01. The van der Waals surface area contributed by atoms with Crippen molar-refractivity contribution in [2.75, 3.05) is 26.7 Å². The number of rotatable bonds is 5. The van der Waals surface area contributed by atoms with Gasteiger partial charge >= 0.3 is 0 Å². The Morgan fingerprint density at radius 3 is 3.00 bits per heavy atom. The minimum atomic E-state index is -0.379. The van der Waals surface area contributed by atoms with Crippen LogP contribution in [0.25, 0.3) is 0 Å². The third kappa shape index (κ3) is 3.50. The Morgan fingerprint density at radius 2 is 2.42 bits per heavy atom. The average Bonchev–Trinajstić information content (AvgIpc) is 2.81. The molecule has 2 N–H and O–H groups in total. The fourth-order valence-electron chi connectivity index (χ4n) is 2.45. The van der Waals surface area contributed by atoms with Crippen molar-refractivity contribution in [3.8, 4) is 0 Å². The fraction of sp³-hybridized carbons (Fsp3) is 0.538. The smallest absolute Gasteiger partial charge is 0.269 e. The lowest BCUT2D eigenvalue weighted by atomic mass is 10.1. The van der Waals surface area contributed by atoms with Crippen LogP contribution >= 0.6 is 0 Å². The molecule has 1 heterocycles. The van der Waals surface area contributed by atoms with Crippen molar-refractivity contribution < 1.29 is 10.0 Å². The Bertz CT molecular complexity index is 453. The number of non-ortho nitro benzene ring substituents is 1. The maximum atomic E-state index is 10.8. The van der Waals surface area contributed by atoms with Crippen molar-refractivity contribution in [1.29, 1.82) is 0 Å². The van der Waals surface area contributed by atoms with Gasteiger partial charge in [-0.15, -0.1) is 0 Å². The number of nitro benzene ring substituents is 1. The van der Waals surface area contributed by atoms with Gasteiger partial charge in [0.1, 0.15) is 0 Å². The van der Waals surface area contributed by atoms with E-state index >= 15 is 0 Å². The van der Waals surface area contributed by atoms with Crippen molar-refractivity contribution in [3.05, 3.63) is 39.9 Å². The summed E-state index contributed by atoms with van der Waals surface area (Å²) in [5.74, 6) is 0. The van der Waals surface area contributed by atoms with Crippen molar-refractivity contribution in [2.24, 2.45) is 0 Å². The number of nitro groups is 1. The highest BCUT2D eigenvalue weighted by atomic mass is 16.6. The molecule has 2 rings (SSSR count). The summed E-state index contributed by atoms with van der Waals surface area (Å²) in [6.45, 7) is 2.29. The van der Waals surface area contributed by atoms with Crippen LogP contribution in [-0.2, 0) is 0 Å². The van der Waals surface area contributed by atoms with Crippen molar-refractivity contribution in [1.82, 2.24) is 10.2 Å². The molecule has 1 fully saturated rings. The Balaban J connectivity index is 2.08. The number of hydrogen-bond donors (Lipinski definition) is 2. The second-order valence-electron chi connectivity index (χ2n) is 4.90. The molecule has 6 nitrogen and oxygen atoms in total. The molecule has 104 valence electrons. The highest BCUT2D eigenvalue weighted by Crippen LogP contribution is 2.21. The number of aliphatic hydroxyl groups excluding tert-OH is 1. The molecule has 19 heavy (non-hydrogen) atoms. The Labute approximate surface area is 112 Å². The van der Waals surface area contributed by atoms with Gasteiger partial charge in [0.25, 0.3) is 5.69 Å². The summed E-state index contributed by atoms with van der Waals surface area (Å²) in [6.07, 6.45) is 0.549. The first-order valence-corrected chi connectivity index (χ1v) is 6.42. The van der Waals surface area contributed by atoms with E-state index < -0.39 is 0 Å². The summed E-state index contributed by atoms with van der Waals surface area (Å²) < 4.78 is 0. The van der Waals surface area contributed by atoms with Crippen molar-refractivity contribution >= 4 is 5.69 Å². The molecular formula is C13H19N3O3. The largest absolute Gasteiger partial charge is 0.392 e. The van der Waals surface area contributed by atoms with E-state index in [9.17, 15) is 15.2 Å². The molecule has 0 radical (unpaired) electrons. The average molecular weight is 265 g/mol. The van der Waals surface area contributed by atoms with Crippen LogP contribution in [0.15, 0.2) is 24.3 Å². The third-order valence-corrected chi connectivity index (χ3v) is 3.52. The number of likely N-dealkylation sites (tertiary alicyclic amines) is 1. The molecule has 0 spiro atoms. The minimum absolute atomic E-state index is 0.0326. The molecule has 0 amide bonds. The highest BCUT2D eigenvalue weighted by Gasteiger charge is 2.23. The van der Waals surface area contributed by atoms with Gasteiger partial charge in [0.05, 0.1) is 11.0 Å². The van der Waals surface area contributed by atoms with Crippen LogP contribution in [0.4, 0.5) is 5.69 Å². The third-order valence-electron chi connectivity index (χ3n) is 3.52. The molecule has 1 aliphatic rings. The lowest BCUT2D eigenvalue weighted by Crippen LogP contribution is -2.33. The topological polar surface area (TPSA) is 78.6 Å². The molecule has 0 bridgehead atoms. The molecule has 0 saturated carbocycles. The molecule has 2 atom stereocenters. The zero-order valence-electron chi connectivity index (χ0n) is 11.0. The number of nitrogens with one attached hydrogen (secondary N) is 1. The van der Waals surface area contributed by atoms with Crippen LogP contribution in [0.1, 0.15) is 18.0 Å². The second kappa shape index (κ2) is 6.10. The van der Waals surface area contributed by atoms with Gasteiger partial charge in [0, 0.05) is 37.8 Å². The molecule has 6 heteroatoms. The van der Waals surface area contributed by atoms with E-state index in [0.29, 0.717) is 6.54 Å². The Hall–Kier alpha value is -1.50. The lowest BCUT2D eigenvalue weighted by Gasteiger charge is -2.23. The molecule has 1 aliphatic heterocycles. The molecule has 0 aromatic heterocycles. The summed E-state index contributed by atoms with van der Waals surface area (Å²) >= 11 is 0. The number of hydrogen-bond acceptors (Lipinski definition) is 5. The summed E-state index contributed by atoms with van der Waals surface area (Å²) in [7, 11) is 1.84. The van der Waals surface area contributed by atoms with Gasteiger partial charge in [-0.1, -0.05) is 12.1 Å². The van der Waals surface area contributed by atoms with Crippen molar-refractivity contribution in [3.63, 3.8) is 0 Å². The molecule has 1 aromatic rings. The number of nitrogens with zero attached hydrogens (tertiary/aromatic N) is 2. The first kappa shape index (κ1) is 13.9. The van der Waals surface area contributed by atoms with E-state index in [1.165, 1.54) is 6.07 Å². The van der Waals surface area contributed by atoms with E-state index in [2.05, 4.69) is 10.2 Å². The predicted molar refractivity (Wildman–Crippen MR) is 72.0 cm³/mol. The fourth-order valence-corrected chi connectivity index (χ4v) is 2.45. The number of aliphatic hydroxyl groups is 1. The van der Waals surface area contributed by atoms with E-state index in [1.807, 2.05) is 13.1 Å². The van der Waals surface area contributed by atoms with Crippen molar-refractivity contribution in [2.45, 2.75) is 18.6 Å². The van der Waals surface area contributed by atoms with Crippen LogP contribution in [0, 0.1) is 10.1 Å². The minimum Gasteiger partial charge on any atom is -0.392 e. The lowest BCUT2D eigenvalue weighted by molar-refractivity contribution is -0.384.